The molecule has 6 heteroatoms. The SMILES string of the molecule is COc1ccc(CN(C)C(=O)CN2CCN(c3cccc(OC)c3)CC2)cc1. The number of amides is 1. The normalized spacial score (nSPS) is 14.6. The van der Waals surface area contributed by atoms with Crippen LogP contribution in [0.1, 0.15) is 5.56 Å². The molecule has 0 spiro atoms. The summed E-state index contributed by atoms with van der Waals surface area (Å²) in [6.45, 7) is 4.62. The van der Waals surface area contributed by atoms with Crippen molar-refractivity contribution in [3.63, 3.8) is 0 Å². The van der Waals surface area contributed by atoms with Gasteiger partial charge in [-0.3, -0.25) is 9.69 Å². The number of hydrogen-bond donors (Lipinski definition) is 0. The van der Waals surface area contributed by atoms with Crippen LogP contribution in [0.25, 0.3) is 0 Å². The third kappa shape index (κ3) is 5.16. The van der Waals surface area contributed by atoms with Crippen LogP contribution in [-0.2, 0) is 11.3 Å². The largest absolute Gasteiger partial charge is 0.497 e. The van der Waals surface area contributed by atoms with E-state index in [0.29, 0.717) is 13.1 Å². The van der Waals surface area contributed by atoms with Crippen LogP contribution in [-0.4, -0.2) is 69.7 Å². The zero-order valence-electron chi connectivity index (χ0n) is 16.9. The Hall–Kier alpha value is -2.73. The van der Waals surface area contributed by atoms with Gasteiger partial charge in [0.2, 0.25) is 5.91 Å². The molecule has 1 aliphatic heterocycles. The molecule has 28 heavy (non-hydrogen) atoms. The van der Waals surface area contributed by atoms with Crippen LogP contribution >= 0.6 is 0 Å². The topological polar surface area (TPSA) is 45.2 Å². The van der Waals surface area contributed by atoms with Crippen LogP contribution in [0.15, 0.2) is 48.5 Å². The molecular weight excluding hydrogens is 354 g/mol. The Morgan fingerprint density at radius 1 is 0.964 bits per heavy atom. The van der Waals surface area contributed by atoms with Crippen LogP contribution in [0, 0.1) is 0 Å². The number of benzene rings is 2. The van der Waals surface area contributed by atoms with E-state index >= 15 is 0 Å². The number of carbonyl (C=O) groups is 1. The monoisotopic (exact) mass is 383 g/mol. The molecular formula is C22H29N3O3. The lowest BCUT2D eigenvalue weighted by Crippen LogP contribution is -2.49. The highest BCUT2D eigenvalue weighted by atomic mass is 16.5. The molecule has 0 bridgehead atoms. The van der Waals surface area contributed by atoms with Crippen LogP contribution < -0.4 is 14.4 Å². The highest BCUT2D eigenvalue weighted by Gasteiger charge is 2.21. The minimum absolute atomic E-state index is 0.144. The number of nitrogens with zero attached hydrogens (tertiary/aromatic N) is 3. The van der Waals surface area contributed by atoms with Gasteiger partial charge < -0.3 is 19.3 Å². The molecule has 0 atom stereocenters. The molecule has 1 amide bonds. The Morgan fingerprint density at radius 2 is 1.64 bits per heavy atom. The molecule has 1 aliphatic rings. The number of ether oxygens (including phenoxy) is 2. The van der Waals surface area contributed by atoms with Crippen LogP contribution in [0.3, 0.4) is 0 Å². The van der Waals surface area contributed by atoms with Gasteiger partial charge in [0.1, 0.15) is 11.5 Å². The summed E-state index contributed by atoms with van der Waals surface area (Å²) in [4.78, 5) is 19.0. The molecule has 1 heterocycles. The van der Waals surface area contributed by atoms with E-state index in [1.165, 1.54) is 5.69 Å². The third-order valence-corrected chi connectivity index (χ3v) is 5.15. The van der Waals surface area contributed by atoms with E-state index < -0.39 is 0 Å². The number of carbonyl (C=O) groups excluding carboxylic acids is 1. The van der Waals surface area contributed by atoms with Crippen molar-refractivity contribution in [3.8, 4) is 11.5 Å². The van der Waals surface area contributed by atoms with Crippen molar-refractivity contribution in [2.24, 2.45) is 0 Å². The van der Waals surface area contributed by atoms with Gasteiger partial charge in [-0.05, 0) is 29.8 Å². The molecule has 0 aromatic heterocycles. The van der Waals surface area contributed by atoms with E-state index in [1.807, 2.05) is 43.4 Å². The fourth-order valence-electron chi connectivity index (χ4n) is 3.38. The van der Waals surface area contributed by atoms with Gasteiger partial charge in [-0.25, -0.2) is 0 Å². The van der Waals surface area contributed by atoms with Gasteiger partial charge in [-0.2, -0.15) is 0 Å². The van der Waals surface area contributed by atoms with Crippen molar-refractivity contribution in [1.29, 1.82) is 0 Å². The average Bonchev–Trinajstić information content (AvgIpc) is 2.74. The van der Waals surface area contributed by atoms with E-state index in [0.717, 1.165) is 43.2 Å². The van der Waals surface area contributed by atoms with Gasteiger partial charge in [0.15, 0.2) is 0 Å². The van der Waals surface area contributed by atoms with E-state index in [9.17, 15) is 4.79 Å². The summed E-state index contributed by atoms with van der Waals surface area (Å²) in [7, 11) is 5.20. The van der Waals surface area contributed by atoms with Gasteiger partial charge in [0.05, 0.1) is 20.8 Å². The number of likely N-dealkylation sites (N-methyl/N-ethyl adjacent to an activating group) is 1. The zero-order valence-corrected chi connectivity index (χ0v) is 16.9. The highest BCUT2D eigenvalue weighted by Crippen LogP contribution is 2.22. The van der Waals surface area contributed by atoms with Gasteiger partial charge >= 0.3 is 0 Å². The second kappa shape index (κ2) is 9.46. The van der Waals surface area contributed by atoms with E-state index in [4.69, 9.17) is 9.47 Å². The van der Waals surface area contributed by atoms with Gasteiger partial charge in [-0.1, -0.05) is 18.2 Å². The summed E-state index contributed by atoms with van der Waals surface area (Å²) in [6, 6.07) is 16.0. The van der Waals surface area contributed by atoms with Crippen molar-refractivity contribution in [1.82, 2.24) is 9.80 Å². The maximum atomic E-state index is 12.6. The lowest BCUT2D eigenvalue weighted by Gasteiger charge is -2.36. The predicted octanol–water partition coefficient (Wildman–Crippen LogP) is 2.48. The number of methoxy groups -OCH3 is 2. The molecule has 1 saturated heterocycles. The van der Waals surface area contributed by atoms with Crippen LogP contribution in [0.5, 0.6) is 11.5 Å². The molecule has 1 fully saturated rings. The Morgan fingerprint density at radius 3 is 2.29 bits per heavy atom. The Kier molecular flexibility index (Phi) is 6.76. The number of anilines is 1. The first-order valence-corrected chi connectivity index (χ1v) is 9.57. The first-order chi connectivity index (χ1) is 13.6. The Balaban J connectivity index is 1.47. The number of piperazine rings is 1. The number of hydrogen-bond acceptors (Lipinski definition) is 5. The molecule has 0 saturated carbocycles. The summed E-state index contributed by atoms with van der Waals surface area (Å²) in [6.07, 6.45) is 0. The molecule has 2 aromatic rings. The van der Waals surface area contributed by atoms with Crippen molar-refractivity contribution in [3.05, 3.63) is 54.1 Å². The summed E-state index contributed by atoms with van der Waals surface area (Å²) < 4.78 is 10.5. The molecule has 2 aromatic carbocycles. The third-order valence-electron chi connectivity index (χ3n) is 5.15. The zero-order chi connectivity index (χ0) is 19.9. The summed E-state index contributed by atoms with van der Waals surface area (Å²) in [5.41, 5.74) is 2.27. The van der Waals surface area contributed by atoms with Crippen molar-refractivity contribution in [2.75, 3.05) is 58.9 Å². The summed E-state index contributed by atoms with van der Waals surface area (Å²) in [5.74, 6) is 1.84. The Bertz CT molecular complexity index is 771. The lowest BCUT2D eigenvalue weighted by molar-refractivity contribution is -0.131. The minimum Gasteiger partial charge on any atom is -0.497 e. The van der Waals surface area contributed by atoms with Crippen LogP contribution in [0.4, 0.5) is 5.69 Å². The van der Waals surface area contributed by atoms with E-state index in [2.05, 4.69) is 21.9 Å². The second-order valence-corrected chi connectivity index (χ2v) is 7.06. The van der Waals surface area contributed by atoms with Crippen molar-refractivity contribution >= 4 is 11.6 Å². The molecule has 150 valence electrons. The van der Waals surface area contributed by atoms with Crippen molar-refractivity contribution < 1.29 is 14.3 Å². The lowest BCUT2D eigenvalue weighted by atomic mass is 10.2. The first kappa shape index (κ1) is 20.0. The quantitative estimate of drug-likeness (QED) is 0.735. The molecule has 0 aliphatic carbocycles. The number of rotatable bonds is 7. The van der Waals surface area contributed by atoms with Gasteiger partial charge in [0, 0.05) is 51.5 Å². The molecule has 0 radical (unpaired) electrons. The predicted molar refractivity (Wildman–Crippen MR) is 111 cm³/mol. The second-order valence-electron chi connectivity index (χ2n) is 7.06. The average molecular weight is 383 g/mol. The van der Waals surface area contributed by atoms with Gasteiger partial charge in [-0.15, -0.1) is 0 Å². The minimum atomic E-state index is 0.144. The van der Waals surface area contributed by atoms with Gasteiger partial charge in [0.25, 0.3) is 0 Å². The molecule has 0 N–H and O–H groups in total. The molecule has 3 rings (SSSR count). The first-order valence-electron chi connectivity index (χ1n) is 9.57. The fourth-order valence-corrected chi connectivity index (χ4v) is 3.38. The maximum Gasteiger partial charge on any atom is 0.236 e. The van der Waals surface area contributed by atoms with E-state index in [1.54, 1.807) is 19.1 Å². The van der Waals surface area contributed by atoms with Crippen molar-refractivity contribution in [2.45, 2.75) is 6.54 Å². The van der Waals surface area contributed by atoms with Crippen LogP contribution in [0.2, 0.25) is 0 Å². The highest BCUT2D eigenvalue weighted by molar-refractivity contribution is 5.78. The molecule has 6 nitrogen and oxygen atoms in total. The fraction of sp³-hybridized carbons (Fsp3) is 0.409. The molecule has 0 unspecified atom stereocenters. The Labute approximate surface area is 167 Å². The maximum absolute atomic E-state index is 12.6. The standard InChI is InChI=1S/C22H29N3O3/c1-23(16-18-7-9-20(27-2)10-8-18)22(26)17-24-11-13-25(14-12-24)19-5-4-6-21(15-19)28-3/h4-10,15H,11-14,16-17H2,1-3H3. The summed E-state index contributed by atoms with van der Waals surface area (Å²) in [5, 5.41) is 0. The van der Waals surface area contributed by atoms with E-state index in [-0.39, 0.29) is 5.91 Å². The summed E-state index contributed by atoms with van der Waals surface area (Å²) >= 11 is 0. The smallest absolute Gasteiger partial charge is 0.236 e.